The number of anilines is 2. The first-order valence-electron chi connectivity index (χ1n) is 7.94. The van der Waals surface area contributed by atoms with Crippen LogP contribution >= 0.6 is 11.8 Å². The lowest BCUT2D eigenvalue weighted by Crippen LogP contribution is -2.19. The molecule has 1 atom stereocenters. The van der Waals surface area contributed by atoms with E-state index in [1.165, 1.54) is 18.5 Å². The molecule has 1 aliphatic heterocycles. The minimum atomic E-state index is 0.0205. The summed E-state index contributed by atoms with van der Waals surface area (Å²) in [4.78, 5) is 14.4. The molecule has 1 unspecified atom stereocenters. The molecule has 0 aliphatic carbocycles. The first-order valence-corrected chi connectivity index (χ1v) is 9.09. The topological polar surface area (TPSA) is 52.6 Å². The molecule has 1 fully saturated rings. The van der Waals surface area contributed by atoms with Crippen molar-refractivity contribution < 1.29 is 9.90 Å². The van der Waals surface area contributed by atoms with Gasteiger partial charge in [-0.25, -0.2) is 0 Å². The highest BCUT2D eigenvalue weighted by molar-refractivity contribution is 7.99. The Balaban J connectivity index is 1.85. The third kappa shape index (κ3) is 4.92. The maximum Gasteiger partial charge on any atom is 0.234 e. The van der Waals surface area contributed by atoms with Gasteiger partial charge in [-0.05, 0) is 55.2 Å². The van der Waals surface area contributed by atoms with Gasteiger partial charge in [0.05, 0.1) is 5.75 Å². The van der Waals surface area contributed by atoms with Crippen LogP contribution < -0.4 is 10.2 Å². The second kappa shape index (κ2) is 8.44. The highest BCUT2D eigenvalue weighted by Crippen LogP contribution is 2.25. The third-order valence-electron chi connectivity index (χ3n) is 3.90. The summed E-state index contributed by atoms with van der Waals surface area (Å²) >= 11 is 1.56. The Morgan fingerprint density at radius 2 is 2.14 bits per heavy atom. The van der Waals surface area contributed by atoms with Gasteiger partial charge in [0.15, 0.2) is 0 Å². The fraction of sp³-hybridized carbons (Fsp3) is 0.588. The van der Waals surface area contributed by atoms with Crippen molar-refractivity contribution in [2.75, 3.05) is 41.4 Å². The van der Waals surface area contributed by atoms with E-state index in [9.17, 15) is 4.79 Å². The van der Waals surface area contributed by atoms with Crippen LogP contribution in [-0.2, 0) is 4.79 Å². The average molecular weight is 322 g/mol. The molecule has 1 amide bonds. The maximum absolute atomic E-state index is 12.0. The summed E-state index contributed by atoms with van der Waals surface area (Å²) in [5.74, 6) is 1.49. The van der Waals surface area contributed by atoms with Gasteiger partial charge in [-0.1, -0.05) is 6.92 Å². The number of thioether (sulfide) groups is 1. The van der Waals surface area contributed by atoms with Gasteiger partial charge in [-0.3, -0.25) is 4.79 Å². The number of nitrogens with one attached hydrogen (secondary N) is 1. The van der Waals surface area contributed by atoms with E-state index >= 15 is 0 Å². The summed E-state index contributed by atoms with van der Waals surface area (Å²) < 4.78 is 0. The lowest BCUT2D eigenvalue weighted by molar-refractivity contribution is -0.113. The lowest BCUT2D eigenvalue weighted by Gasteiger charge is -2.19. The molecule has 2 rings (SSSR count). The number of amides is 1. The molecule has 2 N–H and O–H groups in total. The summed E-state index contributed by atoms with van der Waals surface area (Å²) in [6.07, 6.45) is 2.53. The van der Waals surface area contributed by atoms with E-state index in [2.05, 4.69) is 22.3 Å². The fourth-order valence-electron chi connectivity index (χ4n) is 2.55. The van der Waals surface area contributed by atoms with Crippen molar-refractivity contribution >= 4 is 29.0 Å². The van der Waals surface area contributed by atoms with Gasteiger partial charge in [-0.2, -0.15) is 11.8 Å². The highest BCUT2D eigenvalue weighted by Gasteiger charge is 2.13. The van der Waals surface area contributed by atoms with Crippen LogP contribution in [0.1, 0.15) is 25.3 Å². The molecule has 0 radical (unpaired) electrons. The average Bonchev–Trinajstić information content (AvgIpc) is 3.03. The number of carbonyl (C=O) groups excluding carboxylic acids is 1. The van der Waals surface area contributed by atoms with Gasteiger partial charge < -0.3 is 15.3 Å². The molecule has 122 valence electrons. The van der Waals surface area contributed by atoms with Gasteiger partial charge in [-0.15, -0.1) is 0 Å². The van der Waals surface area contributed by atoms with Crippen LogP contribution in [-0.4, -0.2) is 42.2 Å². The molecule has 0 aromatic heterocycles. The summed E-state index contributed by atoms with van der Waals surface area (Å²) in [7, 11) is 0. The number of hydrogen-bond acceptors (Lipinski definition) is 4. The molecule has 4 nitrogen and oxygen atoms in total. The minimum absolute atomic E-state index is 0.0205. The Bertz CT molecular complexity index is 501. The van der Waals surface area contributed by atoms with Crippen molar-refractivity contribution in [3.63, 3.8) is 0 Å². The van der Waals surface area contributed by atoms with Crippen LogP contribution in [0.25, 0.3) is 0 Å². The molecule has 1 aliphatic rings. The lowest BCUT2D eigenvalue weighted by atomic mass is 10.1. The third-order valence-corrected chi connectivity index (χ3v) is 5.17. The van der Waals surface area contributed by atoms with Crippen LogP contribution in [0.15, 0.2) is 18.2 Å². The predicted octanol–water partition coefficient (Wildman–Crippen LogP) is 2.90. The normalized spacial score (nSPS) is 15.9. The Hall–Kier alpha value is -1.20. The van der Waals surface area contributed by atoms with Gasteiger partial charge in [0.2, 0.25) is 5.91 Å². The Morgan fingerprint density at radius 1 is 1.41 bits per heavy atom. The number of aryl methyl sites for hydroxylation is 1. The van der Waals surface area contributed by atoms with Crippen LogP contribution in [0.4, 0.5) is 11.4 Å². The zero-order valence-electron chi connectivity index (χ0n) is 13.5. The number of aliphatic hydroxyl groups is 1. The van der Waals surface area contributed by atoms with Crippen molar-refractivity contribution in [2.45, 2.75) is 26.7 Å². The zero-order chi connectivity index (χ0) is 15.9. The predicted molar refractivity (Wildman–Crippen MR) is 94.8 cm³/mol. The number of benzene rings is 1. The first kappa shape index (κ1) is 17.2. The van der Waals surface area contributed by atoms with Crippen molar-refractivity contribution in [3.05, 3.63) is 23.8 Å². The molecule has 1 heterocycles. The number of hydrogen-bond donors (Lipinski definition) is 2. The molecule has 0 saturated carbocycles. The second-order valence-corrected chi connectivity index (χ2v) is 7.07. The Morgan fingerprint density at radius 3 is 2.77 bits per heavy atom. The second-order valence-electron chi connectivity index (χ2n) is 6.04. The summed E-state index contributed by atoms with van der Waals surface area (Å²) in [6.45, 7) is 6.45. The zero-order valence-corrected chi connectivity index (χ0v) is 14.3. The smallest absolute Gasteiger partial charge is 0.234 e. The van der Waals surface area contributed by atoms with Crippen molar-refractivity contribution in [1.82, 2.24) is 0 Å². The fourth-order valence-corrected chi connectivity index (χ4v) is 3.44. The number of aliphatic hydroxyl groups excluding tert-OH is 1. The molecule has 0 spiro atoms. The molecular weight excluding hydrogens is 296 g/mol. The van der Waals surface area contributed by atoms with Crippen LogP contribution in [0, 0.1) is 12.8 Å². The quantitative estimate of drug-likeness (QED) is 0.810. The largest absolute Gasteiger partial charge is 0.396 e. The maximum atomic E-state index is 12.0. The monoisotopic (exact) mass is 322 g/mol. The number of carbonyl (C=O) groups is 1. The van der Waals surface area contributed by atoms with E-state index in [1.54, 1.807) is 11.8 Å². The Kier molecular flexibility index (Phi) is 6.58. The van der Waals surface area contributed by atoms with Crippen molar-refractivity contribution in [3.8, 4) is 0 Å². The van der Waals surface area contributed by atoms with Crippen molar-refractivity contribution in [1.29, 1.82) is 0 Å². The van der Waals surface area contributed by atoms with E-state index in [4.69, 9.17) is 5.11 Å². The van der Waals surface area contributed by atoms with Gasteiger partial charge in [0.25, 0.3) is 0 Å². The van der Waals surface area contributed by atoms with E-state index in [0.29, 0.717) is 5.75 Å². The van der Waals surface area contributed by atoms with Crippen LogP contribution in [0.2, 0.25) is 0 Å². The van der Waals surface area contributed by atoms with E-state index in [-0.39, 0.29) is 18.4 Å². The van der Waals surface area contributed by atoms with E-state index in [0.717, 1.165) is 30.1 Å². The summed E-state index contributed by atoms with van der Waals surface area (Å²) in [5, 5.41) is 11.9. The number of nitrogens with zero attached hydrogens (tertiary/aromatic N) is 1. The Labute approximate surface area is 137 Å². The standard InChI is InChI=1S/C17H26N2O2S/c1-13(10-20)11-22-12-17(21)18-16-6-5-15(9-14(16)2)19-7-3-4-8-19/h5-6,9,13,20H,3-4,7-8,10-12H2,1-2H3,(H,18,21). The van der Waals surface area contributed by atoms with E-state index < -0.39 is 0 Å². The van der Waals surface area contributed by atoms with E-state index in [1.807, 2.05) is 19.9 Å². The number of rotatable bonds is 7. The van der Waals surface area contributed by atoms with Gasteiger partial charge in [0, 0.05) is 31.1 Å². The molecule has 22 heavy (non-hydrogen) atoms. The molecule has 0 bridgehead atoms. The first-order chi connectivity index (χ1) is 10.6. The molecule has 1 aromatic rings. The van der Waals surface area contributed by atoms with Crippen LogP contribution in [0.5, 0.6) is 0 Å². The van der Waals surface area contributed by atoms with Gasteiger partial charge >= 0.3 is 0 Å². The molecular formula is C17H26N2O2S. The molecule has 1 aromatic carbocycles. The molecule has 1 saturated heterocycles. The summed E-state index contributed by atoms with van der Waals surface area (Å²) in [6, 6.07) is 6.25. The van der Waals surface area contributed by atoms with Gasteiger partial charge in [0.1, 0.15) is 0 Å². The SMILES string of the molecule is Cc1cc(N2CCCC2)ccc1NC(=O)CSCC(C)CO. The summed E-state index contributed by atoms with van der Waals surface area (Å²) in [5.41, 5.74) is 3.24. The highest BCUT2D eigenvalue weighted by atomic mass is 32.2. The minimum Gasteiger partial charge on any atom is -0.396 e. The molecule has 5 heteroatoms. The van der Waals surface area contributed by atoms with Crippen molar-refractivity contribution in [2.24, 2.45) is 5.92 Å². The van der Waals surface area contributed by atoms with Crippen LogP contribution in [0.3, 0.4) is 0 Å².